The molecule has 0 aliphatic carbocycles. The summed E-state index contributed by atoms with van der Waals surface area (Å²) in [5.74, 6) is 0.333. The Labute approximate surface area is 155 Å². The molecule has 0 fully saturated rings. The minimum absolute atomic E-state index is 0.333. The summed E-state index contributed by atoms with van der Waals surface area (Å²) in [5.41, 5.74) is 3.26. The molecule has 1 amide bonds. The van der Waals surface area contributed by atoms with Crippen LogP contribution in [0.5, 0.6) is 5.75 Å². The van der Waals surface area contributed by atoms with E-state index in [2.05, 4.69) is 25.4 Å². The molecule has 3 aromatic heterocycles. The van der Waals surface area contributed by atoms with Gasteiger partial charge in [-0.25, -0.2) is 14.8 Å². The van der Waals surface area contributed by atoms with Crippen molar-refractivity contribution in [1.29, 1.82) is 0 Å². The zero-order chi connectivity index (χ0) is 19.2. The second-order valence-corrected chi connectivity index (χ2v) is 7.38. The maximum Gasteiger partial charge on any atom is 0.413 e. The number of nitrogens with zero attached hydrogens (tertiary/aromatic N) is 4. The average Bonchev–Trinajstić information content (AvgIpc) is 3.17. The molecule has 4 rings (SSSR count). The summed E-state index contributed by atoms with van der Waals surface area (Å²) >= 11 is 0. The van der Waals surface area contributed by atoms with Crippen molar-refractivity contribution in [1.82, 2.24) is 30.0 Å². The Kier molecular flexibility index (Phi) is 3.83. The summed E-state index contributed by atoms with van der Waals surface area (Å²) in [5, 5.41) is 8.05. The van der Waals surface area contributed by atoms with Crippen LogP contribution < -0.4 is 10.1 Å². The van der Waals surface area contributed by atoms with Gasteiger partial charge in [-0.05, 0) is 26.8 Å². The van der Waals surface area contributed by atoms with Crippen molar-refractivity contribution in [3.8, 4) is 17.0 Å². The molecule has 1 aromatic carbocycles. The maximum absolute atomic E-state index is 12.1. The fourth-order valence-corrected chi connectivity index (χ4v) is 2.91. The van der Waals surface area contributed by atoms with Crippen molar-refractivity contribution in [3.05, 3.63) is 36.8 Å². The summed E-state index contributed by atoms with van der Waals surface area (Å²) in [7, 11) is 1.90. The Balaban J connectivity index is 1.75. The lowest BCUT2D eigenvalue weighted by atomic mass is 10.1. The van der Waals surface area contributed by atoms with Gasteiger partial charge in [-0.15, -0.1) is 0 Å². The third kappa shape index (κ3) is 3.21. The smallest absolute Gasteiger partial charge is 0.406 e. The monoisotopic (exact) mass is 364 g/mol. The van der Waals surface area contributed by atoms with E-state index >= 15 is 0 Å². The highest BCUT2D eigenvalue weighted by atomic mass is 16.6. The van der Waals surface area contributed by atoms with Gasteiger partial charge in [0.1, 0.15) is 0 Å². The number of ether oxygens (including phenoxy) is 1. The van der Waals surface area contributed by atoms with E-state index in [1.54, 1.807) is 12.4 Å². The third-order valence-electron chi connectivity index (χ3n) is 4.09. The highest BCUT2D eigenvalue weighted by molar-refractivity contribution is 5.94. The van der Waals surface area contributed by atoms with E-state index < -0.39 is 11.6 Å². The molecular formula is C19H20N6O2. The first-order chi connectivity index (χ1) is 12.8. The largest absolute Gasteiger partial charge is 0.413 e. The molecule has 0 aliphatic heterocycles. The van der Waals surface area contributed by atoms with E-state index in [4.69, 9.17) is 4.74 Å². The zero-order valence-corrected chi connectivity index (χ0v) is 15.6. The number of aromatic amines is 1. The van der Waals surface area contributed by atoms with Crippen LogP contribution >= 0.6 is 0 Å². The molecule has 8 nitrogen and oxygen atoms in total. The minimum Gasteiger partial charge on any atom is -0.406 e. The predicted molar refractivity (Wildman–Crippen MR) is 103 cm³/mol. The molecule has 0 atom stereocenters. The van der Waals surface area contributed by atoms with Gasteiger partial charge in [0.2, 0.25) is 0 Å². The van der Waals surface area contributed by atoms with E-state index in [0.29, 0.717) is 22.6 Å². The first kappa shape index (κ1) is 17.0. The van der Waals surface area contributed by atoms with E-state index in [1.807, 2.05) is 56.9 Å². The van der Waals surface area contributed by atoms with Gasteiger partial charge in [-0.1, -0.05) is 12.1 Å². The number of hydrogen-bond donors (Lipinski definition) is 2. The van der Waals surface area contributed by atoms with Crippen LogP contribution in [0, 0.1) is 0 Å². The molecule has 27 heavy (non-hydrogen) atoms. The second-order valence-electron chi connectivity index (χ2n) is 7.38. The van der Waals surface area contributed by atoms with Gasteiger partial charge >= 0.3 is 6.09 Å². The number of carbonyl (C=O) groups is 1. The maximum atomic E-state index is 12.1. The van der Waals surface area contributed by atoms with E-state index in [0.717, 1.165) is 16.5 Å². The van der Waals surface area contributed by atoms with Gasteiger partial charge in [-0.3, -0.25) is 4.68 Å². The highest BCUT2D eigenvalue weighted by Crippen LogP contribution is 2.30. The molecule has 0 saturated carbocycles. The topological polar surface area (TPSA) is 97.7 Å². The standard InChI is InChI=1S/C19H20N6O2/c1-19(2,3)24-18(26)27-15-10-21-17-16(15)23-13(9-20-17)11-6-5-7-14-12(11)8-22-25(14)4/h5-10H,1-4H3,(H,20,21)(H,24,26). The van der Waals surface area contributed by atoms with Crippen LogP contribution in [0.2, 0.25) is 0 Å². The Bertz CT molecular complexity index is 1150. The van der Waals surface area contributed by atoms with Crippen LogP contribution in [0.15, 0.2) is 36.8 Å². The molecule has 0 spiro atoms. The van der Waals surface area contributed by atoms with Crippen LogP contribution in [0.4, 0.5) is 4.79 Å². The normalized spacial score (nSPS) is 11.9. The van der Waals surface area contributed by atoms with Gasteiger partial charge in [0.15, 0.2) is 16.9 Å². The third-order valence-corrected chi connectivity index (χ3v) is 4.09. The Morgan fingerprint density at radius 3 is 2.85 bits per heavy atom. The molecule has 4 aromatic rings. The first-order valence-corrected chi connectivity index (χ1v) is 8.57. The summed E-state index contributed by atoms with van der Waals surface area (Å²) in [4.78, 5) is 24.2. The number of nitrogens with one attached hydrogen (secondary N) is 2. The van der Waals surface area contributed by atoms with E-state index in [-0.39, 0.29) is 0 Å². The van der Waals surface area contributed by atoms with Crippen LogP contribution in [-0.4, -0.2) is 36.4 Å². The summed E-state index contributed by atoms with van der Waals surface area (Å²) in [6.45, 7) is 5.65. The minimum atomic E-state index is -0.537. The summed E-state index contributed by atoms with van der Waals surface area (Å²) in [6, 6.07) is 5.93. The van der Waals surface area contributed by atoms with E-state index in [9.17, 15) is 4.79 Å². The fraction of sp³-hybridized carbons (Fsp3) is 0.263. The van der Waals surface area contributed by atoms with Crippen molar-refractivity contribution in [2.45, 2.75) is 26.3 Å². The second kappa shape index (κ2) is 6.08. The fourth-order valence-electron chi connectivity index (χ4n) is 2.91. The molecule has 0 bridgehead atoms. The Morgan fingerprint density at radius 2 is 2.07 bits per heavy atom. The number of carbonyl (C=O) groups excluding carboxylic acids is 1. The number of aromatic nitrogens is 5. The number of benzene rings is 1. The van der Waals surface area contributed by atoms with Gasteiger partial charge < -0.3 is 15.0 Å². The van der Waals surface area contributed by atoms with Crippen molar-refractivity contribution in [3.63, 3.8) is 0 Å². The highest BCUT2D eigenvalue weighted by Gasteiger charge is 2.18. The molecule has 0 radical (unpaired) electrons. The van der Waals surface area contributed by atoms with Crippen molar-refractivity contribution in [2.24, 2.45) is 7.05 Å². The zero-order valence-electron chi connectivity index (χ0n) is 15.6. The molecule has 2 N–H and O–H groups in total. The molecule has 138 valence electrons. The Hall–Kier alpha value is -3.42. The number of hydrogen-bond acceptors (Lipinski definition) is 5. The lowest BCUT2D eigenvalue weighted by Gasteiger charge is -2.19. The van der Waals surface area contributed by atoms with Crippen LogP contribution in [0.1, 0.15) is 20.8 Å². The number of rotatable bonds is 2. The summed E-state index contributed by atoms with van der Waals surface area (Å²) < 4.78 is 7.24. The Morgan fingerprint density at radius 1 is 1.26 bits per heavy atom. The van der Waals surface area contributed by atoms with Crippen molar-refractivity contribution in [2.75, 3.05) is 0 Å². The average molecular weight is 364 g/mol. The number of aryl methyl sites for hydroxylation is 1. The van der Waals surface area contributed by atoms with Gasteiger partial charge in [0.05, 0.1) is 23.6 Å². The molecular weight excluding hydrogens is 344 g/mol. The van der Waals surface area contributed by atoms with E-state index in [1.165, 1.54) is 0 Å². The van der Waals surface area contributed by atoms with Gasteiger partial charge in [0, 0.05) is 29.7 Å². The SMILES string of the molecule is Cn1ncc2c(-c3cnc4[nH]cc(OC(=O)NC(C)(C)C)c4n3)cccc21. The number of amides is 1. The summed E-state index contributed by atoms with van der Waals surface area (Å²) in [6.07, 6.45) is 4.55. The molecule has 8 heteroatoms. The number of fused-ring (bicyclic) bond motifs is 2. The van der Waals surface area contributed by atoms with Crippen LogP contribution in [0.3, 0.4) is 0 Å². The van der Waals surface area contributed by atoms with Crippen molar-refractivity contribution < 1.29 is 9.53 Å². The lowest BCUT2D eigenvalue weighted by Crippen LogP contribution is -2.42. The van der Waals surface area contributed by atoms with Gasteiger partial charge in [-0.2, -0.15) is 5.10 Å². The molecule has 0 aliphatic rings. The lowest BCUT2D eigenvalue weighted by molar-refractivity contribution is 0.191. The quantitative estimate of drug-likeness (QED) is 0.568. The van der Waals surface area contributed by atoms with Crippen LogP contribution in [0.25, 0.3) is 33.3 Å². The molecule has 0 unspecified atom stereocenters. The van der Waals surface area contributed by atoms with Gasteiger partial charge in [0.25, 0.3) is 0 Å². The first-order valence-electron chi connectivity index (χ1n) is 8.57. The van der Waals surface area contributed by atoms with Crippen LogP contribution in [-0.2, 0) is 7.05 Å². The van der Waals surface area contributed by atoms with Crippen molar-refractivity contribution >= 4 is 28.2 Å². The number of H-pyrrole nitrogens is 1. The molecule has 3 heterocycles. The molecule has 0 saturated heterocycles. The predicted octanol–water partition coefficient (Wildman–Crippen LogP) is 3.40.